The summed E-state index contributed by atoms with van der Waals surface area (Å²) in [5.74, 6) is 0.374. The summed E-state index contributed by atoms with van der Waals surface area (Å²) in [5.41, 5.74) is 0.204. The Morgan fingerprint density at radius 3 is 2.29 bits per heavy atom. The molecule has 0 aromatic heterocycles. The van der Waals surface area contributed by atoms with E-state index in [-0.39, 0.29) is 29.7 Å². The zero-order chi connectivity index (χ0) is 31.0. The van der Waals surface area contributed by atoms with Crippen LogP contribution in [0, 0.1) is 11.3 Å². The van der Waals surface area contributed by atoms with Gasteiger partial charge in [0, 0.05) is 45.5 Å². The van der Waals surface area contributed by atoms with Crippen molar-refractivity contribution >= 4 is 17.7 Å². The third kappa shape index (κ3) is 15.9. The Hall–Kier alpha value is -1.79. The lowest BCUT2D eigenvalue weighted by molar-refractivity contribution is -0.214. The largest absolute Gasteiger partial charge is 0.394 e. The molecule has 240 valence electrons. The monoisotopic (exact) mass is 587 g/mol. The molecular formula is C30H57N3O8. The first-order valence-electron chi connectivity index (χ1n) is 15.3. The number of nitrogens with zero attached hydrogens (tertiary/aromatic N) is 1. The molecule has 1 fully saturated rings. The number of hydrogen-bond donors (Lipinski definition) is 5. The smallest absolute Gasteiger partial charge is 0.222 e. The van der Waals surface area contributed by atoms with Crippen LogP contribution >= 0.6 is 0 Å². The van der Waals surface area contributed by atoms with Crippen LogP contribution < -0.4 is 10.6 Å². The van der Waals surface area contributed by atoms with Gasteiger partial charge in [0.15, 0.2) is 6.29 Å². The molecule has 1 heterocycles. The fourth-order valence-corrected chi connectivity index (χ4v) is 5.17. The van der Waals surface area contributed by atoms with Gasteiger partial charge in [0.05, 0.1) is 19.3 Å². The standard InChI is InChI=1S/C30H57N3O8/c1-21-16-24(17-30(4,5)6)33(18-21)28(39)13-8-7-10-14-31-27(38)12-9-11-15-40-29(25(19-34)32-23(3)37)41-26(20-35)22(2)36/h21-22,24-26,29,34-36H,7-20H2,1-6H3,(H,31,38)(H,32,37)/t21-,22-,24+,25+,26?,29?/m1/s1. The van der Waals surface area contributed by atoms with Crippen LogP contribution in [0.3, 0.4) is 0 Å². The Morgan fingerprint density at radius 2 is 1.71 bits per heavy atom. The number of carbonyl (C=O) groups is 3. The van der Waals surface area contributed by atoms with E-state index in [0.717, 1.165) is 38.6 Å². The number of amides is 3. The van der Waals surface area contributed by atoms with Gasteiger partial charge in [-0.3, -0.25) is 14.4 Å². The van der Waals surface area contributed by atoms with Crippen molar-refractivity contribution in [3.8, 4) is 0 Å². The van der Waals surface area contributed by atoms with E-state index >= 15 is 0 Å². The number of aliphatic hydroxyl groups is 3. The van der Waals surface area contributed by atoms with Crippen molar-refractivity contribution in [1.29, 1.82) is 0 Å². The SMILES string of the molecule is CC(=O)N[C@@H](CO)C(OCCCCC(=O)NCCCCCC(=O)N1C[C@H](C)C[C@H]1CC(C)(C)C)OC(CO)[C@@H](C)O. The molecule has 0 radical (unpaired) electrons. The van der Waals surface area contributed by atoms with E-state index in [2.05, 4.69) is 43.2 Å². The van der Waals surface area contributed by atoms with Gasteiger partial charge in [-0.05, 0) is 56.8 Å². The van der Waals surface area contributed by atoms with Crippen LogP contribution in [0.2, 0.25) is 0 Å². The molecule has 6 atom stereocenters. The van der Waals surface area contributed by atoms with Crippen molar-refractivity contribution in [2.45, 2.75) is 130 Å². The highest BCUT2D eigenvalue weighted by atomic mass is 16.7. The van der Waals surface area contributed by atoms with Crippen molar-refractivity contribution in [2.24, 2.45) is 11.3 Å². The fourth-order valence-electron chi connectivity index (χ4n) is 5.17. The minimum Gasteiger partial charge on any atom is -0.394 e. The van der Waals surface area contributed by atoms with Crippen molar-refractivity contribution in [1.82, 2.24) is 15.5 Å². The topological polar surface area (TPSA) is 158 Å². The van der Waals surface area contributed by atoms with Crippen LogP contribution in [0.5, 0.6) is 0 Å². The molecule has 2 unspecified atom stereocenters. The summed E-state index contributed by atoms with van der Waals surface area (Å²) in [6.07, 6.45) is 3.65. The van der Waals surface area contributed by atoms with E-state index in [0.29, 0.717) is 44.2 Å². The summed E-state index contributed by atoms with van der Waals surface area (Å²) < 4.78 is 11.3. The van der Waals surface area contributed by atoms with E-state index < -0.39 is 37.8 Å². The lowest BCUT2D eigenvalue weighted by atomic mass is 9.86. The fraction of sp³-hybridized carbons (Fsp3) is 0.900. The molecule has 1 rings (SSSR count). The molecule has 1 aliphatic rings. The van der Waals surface area contributed by atoms with Crippen molar-refractivity contribution in [3.05, 3.63) is 0 Å². The van der Waals surface area contributed by atoms with E-state index in [1.165, 1.54) is 13.8 Å². The highest BCUT2D eigenvalue weighted by Crippen LogP contribution is 2.33. The second-order valence-corrected chi connectivity index (χ2v) is 12.7. The zero-order valence-corrected chi connectivity index (χ0v) is 26.2. The average molecular weight is 588 g/mol. The molecule has 3 amide bonds. The quantitative estimate of drug-likeness (QED) is 0.107. The second kappa shape index (κ2) is 19.4. The van der Waals surface area contributed by atoms with Gasteiger partial charge < -0.3 is 40.3 Å². The van der Waals surface area contributed by atoms with Crippen LogP contribution in [0.1, 0.15) is 99.3 Å². The van der Waals surface area contributed by atoms with Gasteiger partial charge in [0.2, 0.25) is 17.7 Å². The number of aliphatic hydroxyl groups excluding tert-OH is 3. The lowest BCUT2D eigenvalue weighted by Gasteiger charge is -2.30. The van der Waals surface area contributed by atoms with Gasteiger partial charge in [-0.15, -0.1) is 0 Å². The zero-order valence-electron chi connectivity index (χ0n) is 26.2. The van der Waals surface area contributed by atoms with Gasteiger partial charge in [-0.25, -0.2) is 0 Å². The molecule has 41 heavy (non-hydrogen) atoms. The van der Waals surface area contributed by atoms with Crippen LogP contribution in [0.15, 0.2) is 0 Å². The summed E-state index contributed by atoms with van der Waals surface area (Å²) in [6.45, 7) is 12.4. The number of carbonyl (C=O) groups excluding carboxylic acids is 3. The van der Waals surface area contributed by atoms with Crippen LogP contribution in [-0.4, -0.2) is 101 Å². The second-order valence-electron chi connectivity index (χ2n) is 12.7. The molecule has 0 aliphatic carbocycles. The molecule has 0 bridgehead atoms. The van der Waals surface area contributed by atoms with Gasteiger partial charge in [0.1, 0.15) is 12.1 Å². The third-order valence-corrected chi connectivity index (χ3v) is 7.20. The maximum atomic E-state index is 12.8. The van der Waals surface area contributed by atoms with Gasteiger partial charge in [0.25, 0.3) is 0 Å². The molecule has 0 aromatic rings. The van der Waals surface area contributed by atoms with Crippen LogP contribution in [-0.2, 0) is 23.9 Å². The molecule has 0 aromatic carbocycles. The average Bonchev–Trinajstić information content (AvgIpc) is 3.24. The number of nitrogens with one attached hydrogen (secondary N) is 2. The van der Waals surface area contributed by atoms with Crippen molar-refractivity contribution in [2.75, 3.05) is 32.9 Å². The molecule has 11 nitrogen and oxygen atoms in total. The molecule has 5 N–H and O–H groups in total. The predicted molar refractivity (Wildman–Crippen MR) is 157 cm³/mol. The molecule has 0 saturated carbocycles. The number of hydrogen-bond acceptors (Lipinski definition) is 8. The Kier molecular flexibility index (Phi) is 17.6. The minimum atomic E-state index is -1.07. The van der Waals surface area contributed by atoms with Gasteiger partial charge in [-0.1, -0.05) is 34.1 Å². The third-order valence-electron chi connectivity index (χ3n) is 7.20. The molecular weight excluding hydrogens is 530 g/mol. The summed E-state index contributed by atoms with van der Waals surface area (Å²) in [7, 11) is 0. The molecule has 11 heteroatoms. The van der Waals surface area contributed by atoms with E-state index in [1.54, 1.807) is 0 Å². The van der Waals surface area contributed by atoms with Crippen LogP contribution in [0.4, 0.5) is 0 Å². The molecule has 1 saturated heterocycles. The normalized spacial score (nSPS) is 20.4. The maximum Gasteiger partial charge on any atom is 0.222 e. The minimum absolute atomic E-state index is 0.0501. The maximum absolute atomic E-state index is 12.8. The molecule has 0 spiro atoms. The Bertz CT molecular complexity index is 773. The van der Waals surface area contributed by atoms with Crippen LogP contribution in [0.25, 0.3) is 0 Å². The van der Waals surface area contributed by atoms with Crippen molar-refractivity contribution < 1.29 is 39.2 Å². The number of ether oxygens (including phenoxy) is 2. The first kappa shape index (κ1) is 37.2. The Labute approximate surface area is 246 Å². The summed E-state index contributed by atoms with van der Waals surface area (Å²) in [4.78, 5) is 38.6. The molecule has 1 aliphatic heterocycles. The summed E-state index contributed by atoms with van der Waals surface area (Å²) >= 11 is 0. The highest BCUT2D eigenvalue weighted by molar-refractivity contribution is 5.77. The first-order valence-corrected chi connectivity index (χ1v) is 15.3. The summed E-state index contributed by atoms with van der Waals surface area (Å²) in [5, 5.41) is 34.3. The number of rotatable bonds is 20. The Balaban J connectivity index is 2.27. The van der Waals surface area contributed by atoms with Gasteiger partial charge in [-0.2, -0.15) is 0 Å². The first-order chi connectivity index (χ1) is 19.3. The number of unbranched alkanes of at least 4 members (excludes halogenated alkanes) is 3. The lowest BCUT2D eigenvalue weighted by Crippen LogP contribution is -2.50. The van der Waals surface area contributed by atoms with E-state index in [9.17, 15) is 29.7 Å². The van der Waals surface area contributed by atoms with Crippen molar-refractivity contribution in [3.63, 3.8) is 0 Å². The predicted octanol–water partition coefficient (Wildman–Crippen LogP) is 2.10. The highest BCUT2D eigenvalue weighted by Gasteiger charge is 2.35. The van der Waals surface area contributed by atoms with Gasteiger partial charge >= 0.3 is 0 Å². The number of likely N-dealkylation sites (tertiary alicyclic amines) is 1. The summed E-state index contributed by atoms with van der Waals surface area (Å²) in [6, 6.07) is -0.529. The van der Waals surface area contributed by atoms with E-state index in [4.69, 9.17) is 9.47 Å². The Morgan fingerprint density at radius 1 is 1.02 bits per heavy atom. The van der Waals surface area contributed by atoms with E-state index in [1.807, 2.05) is 0 Å².